The van der Waals surface area contributed by atoms with Crippen LogP contribution in [0.25, 0.3) is 17.2 Å². The molecule has 2 N–H and O–H groups in total. The largest absolute Gasteiger partial charge is 0.378 e. The lowest BCUT2D eigenvalue weighted by Gasteiger charge is -2.29. The molecule has 28 heavy (non-hydrogen) atoms. The molecule has 1 aromatic heterocycles. The first kappa shape index (κ1) is 22.3. The van der Waals surface area contributed by atoms with E-state index in [4.69, 9.17) is 10.5 Å². The van der Waals surface area contributed by atoms with E-state index in [1.807, 2.05) is 45.0 Å². The Balaban J connectivity index is 0.00000136. The highest BCUT2D eigenvalue weighted by molar-refractivity contribution is 5.63. The van der Waals surface area contributed by atoms with Crippen molar-refractivity contribution in [1.82, 2.24) is 4.98 Å². The predicted octanol–water partition coefficient (Wildman–Crippen LogP) is 5.56. The molecule has 4 unspecified atom stereocenters. The smallest absolute Gasteiger partial charge is 0.123 e. The Kier molecular flexibility index (Phi) is 8.34. The monoisotopic (exact) mass is 384 g/mol. The Morgan fingerprint density at radius 2 is 1.93 bits per heavy atom. The molecule has 4 heteroatoms. The minimum Gasteiger partial charge on any atom is -0.378 e. The average Bonchev–Trinajstić information content (AvgIpc) is 3.02. The van der Waals surface area contributed by atoms with Crippen molar-refractivity contribution >= 4 is 6.08 Å². The third-order valence-electron chi connectivity index (χ3n) is 5.31. The van der Waals surface area contributed by atoms with E-state index >= 15 is 0 Å². The van der Waals surface area contributed by atoms with E-state index in [2.05, 4.69) is 24.9 Å². The first-order valence-corrected chi connectivity index (χ1v) is 10.2. The van der Waals surface area contributed by atoms with Gasteiger partial charge in [0.05, 0.1) is 11.8 Å². The van der Waals surface area contributed by atoms with Crippen LogP contribution in [-0.2, 0) is 4.74 Å². The van der Waals surface area contributed by atoms with Crippen molar-refractivity contribution in [3.05, 3.63) is 60.2 Å². The molecule has 0 amide bonds. The molecule has 0 spiro atoms. The van der Waals surface area contributed by atoms with Gasteiger partial charge in [-0.25, -0.2) is 4.39 Å². The summed E-state index contributed by atoms with van der Waals surface area (Å²) in [6.45, 7) is 11.2. The number of aromatic nitrogens is 1. The van der Waals surface area contributed by atoms with Crippen molar-refractivity contribution in [1.29, 1.82) is 0 Å². The number of halogens is 1. The number of hydrogen-bond donors (Lipinski definition) is 1. The molecule has 0 aliphatic carbocycles. The Hall–Kier alpha value is -2.04. The molecule has 3 rings (SSSR count). The molecule has 1 saturated heterocycles. The van der Waals surface area contributed by atoms with Gasteiger partial charge in [0, 0.05) is 24.4 Å². The summed E-state index contributed by atoms with van der Waals surface area (Å²) >= 11 is 0. The summed E-state index contributed by atoms with van der Waals surface area (Å²) in [5.41, 5.74) is 8.85. The van der Waals surface area contributed by atoms with Gasteiger partial charge in [0.15, 0.2) is 0 Å². The average molecular weight is 385 g/mol. The molecule has 0 saturated carbocycles. The van der Waals surface area contributed by atoms with E-state index in [9.17, 15) is 4.39 Å². The molecular formula is C24H33FN2O. The molecule has 152 valence electrons. The summed E-state index contributed by atoms with van der Waals surface area (Å²) in [6, 6.07) is 10.5. The molecule has 2 heterocycles. The second-order valence-corrected chi connectivity index (χ2v) is 7.37. The van der Waals surface area contributed by atoms with Crippen molar-refractivity contribution < 1.29 is 9.13 Å². The maximum Gasteiger partial charge on any atom is 0.123 e. The number of benzene rings is 1. The van der Waals surface area contributed by atoms with Gasteiger partial charge in [0.2, 0.25) is 0 Å². The zero-order valence-electron chi connectivity index (χ0n) is 17.6. The molecule has 1 fully saturated rings. The van der Waals surface area contributed by atoms with Crippen molar-refractivity contribution in [3.8, 4) is 11.1 Å². The fraction of sp³-hybridized carbons (Fsp3) is 0.458. The van der Waals surface area contributed by atoms with Crippen molar-refractivity contribution in [2.45, 2.75) is 46.8 Å². The van der Waals surface area contributed by atoms with Gasteiger partial charge >= 0.3 is 0 Å². The lowest BCUT2D eigenvalue weighted by atomic mass is 9.77. The van der Waals surface area contributed by atoms with Gasteiger partial charge < -0.3 is 10.5 Å². The maximum atomic E-state index is 13.4. The van der Waals surface area contributed by atoms with Crippen molar-refractivity contribution in [2.75, 3.05) is 6.61 Å². The van der Waals surface area contributed by atoms with Crippen LogP contribution >= 0.6 is 0 Å². The van der Waals surface area contributed by atoms with Crippen LogP contribution in [0, 0.1) is 23.6 Å². The SMILES string of the molecule is CC.CC1COC(C)C1[C@@H](/C=C/c1ccc(-c2cccc(F)c2)cn1)C(C)N. The first-order chi connectivity index (χ1) is 13.5. The second kappa shape index (κ2) is 10.5. The lowest BCUT2D eigenvalue weighted by Crippen LogP contribution is -2.36. The third kappa shape index (κ3) is 5.49. The van der Waals surface area contributed by atoms with Crippen LogP contribution in [0.15, 0.2) is 48.7 Å². The summed E-state index contributed by atoms with van der Waals surface area (Å²) in [4.78, 5) is 4.50. The summed E-state index contributed by atoms with van der Waals surface area (Å²) < 4.78 is 19.2. The lowest BCUT2D eigenvalue weighted by molar-refractivity contribution is 0.0932. The summed E-state index contributed by atoms with van der Waals surface area (Å²) in [6.07, 6.45) is 6.19. The zero-order valence-corrected chi connectivity index (χ0v) is 17.6. The van der Waals surface area contributed by atoms with E-state index in [1.54, 1.807) is 12.3 Å². The highest BCUT2D eigenvalue weighted by Gasteiger charge is 2.37. The van der Waals surface area contributed by atoms with E-state index in [0.29, 0.717) is 11.8 Å². The maximum absolute atomic E-state index is 13.4. The fourth-order valence-corrected chi connectivity index (χ4v) is 3.89. The molecule has 1 aliphatic heterocycles. The van der Waals surface area contributed by atoms with Gasteiger partial charge in [0.25, 0.3) is 0 Å². The topological polar surface area (TPSA) is 48.1 Å². The molecule has 2 aromatic rings. The number of hydrogen-bond acceptors (Lipinski definition) is 3. The summed E-state index contributed by atoms with van der Waals surface area (Å²) in [7, 11) is 0. The third-order valence-corrected chi connectivity index (χ3v) is 5.31. The fourth-order valence-electron chi connectivity index (χ4n) is 3.89. The normalized spacial score (nSPS) is 23.9. The number of nitrogens with zero attached hydrogens (tertiary/aromatic N) is 1. The Morgan fingerprint density at radius 3 is 2.46 bits per heavy atom. The van der Waals surface area contributed by atoms with Crippen molar-refractivity contribution in [2.24, 2.45) is 23.5 Å². The molecule has 1 aromatic carbocycles. The predicted molar refractivity (Wildman–Crippen MR) is 115 cm³/mol. The van der Waals surface area contributed by atoms with Crippen molar-refractivity contribution in [3.63, 3.8) is 0 Å². The minimum atomic E-state index is -0.242. The van der Waals surface area contributed by atoms with Gasteiger partial charge in [-0.2, -0.15) is 0 Å². The van der Waals surface area contributed by atoms with Crippen LogP contribution in [0.4, 0.5) is 4.39 Å². The van der Waals surface area contributed by atoms with Crippen LogP contribution in [0.1, 0.15) is 40.3 Å². The Morgan fingerprint density at radius 1 is 1.18 bits per heavy atom. The van der Waals surface area contributed by atoms with Gasteiger partial charge in [-0.05, 0) is 61.4 Å². The van der Waals surface area contributed by atoms with Gasteiger partial charge in [-0.15, -0.1) is 0 Å². The molecular weight excluding hydrogens is 351 g/mol. The van der Waals surface area contributed by atoms with E-state index in [0.717, 1.165) is 23.4 Å². The number of pyridine rings is 1. The summed E-state index contributed by atoms with van der Waals surface area (Å²) in [5, 5.41) is 0. The summed E-state index contributed by atoms with van der Waals surface area (Å²) in [5.74, 6) is 0.909. The first-order valence-electron chi connectivity index (χ1n) is 10.2. The minimum absolute atomic E-state index is 0.0504. The molecule has 0 radical (unpaired) electrons. The van der Waals surface area contributed by atoms with Gasteiger partial charge in [-0.3, -0.25) is 4.98 Å². The van der Waals surface area contributed by atoms with Gasteiger partial charge in [-0.1, -0.05) is 45.0 Å². The quantitative estimate of drug-likeness (QED) is 0.734. The van der Waals surface area contributed by atoms with E-state index in [1.165, 1.54) is 12.1 Å². The number of ether oxygens (including phenoxy) is 1. The van der Waals surface area contributed by atoms with E-state index < -0.39 is 0 Å². The molecule has 1 aliphatic rings. The van der Waals surface area contributed by atoms with Crippen LogP contribution in [-0.4, -0.2) is 23.7 Å². The van der Waals surface area contributed by atoms with Crippen LogP contribution < -0.4 is 5.73 Å². The van der Waals surface area contributed by atoms with E-state index in [-0.39, 0.29) is 23.9 Å². The molecule has 3 nitrogen and oxygen atoms in total. The van der Waals surface area contributed by atoms with Crippen LogP contribution in [0.2, 0.25) is 0 Å². The molecule has 0 bridgehead atoms. The van der Waals surface area contributed by atoms with Crippen LogP contribution in [0.3, 0.4) is 0 Å². The van der Waals surface area contributed by atoms with Crippen LogP contribution in [0.5, 0.6) is 0 Å². The highest BCUT2D eigenvalue weighted by Crippen LogP contribution is 2.35. The number of rotatable bonds is 5. The Labute approximate surface area is 168 Å². The molecule has 5 atom stereocenters. The Bertz CT molecular complexity index is 747. The standard InChI is InChI=1S/C22H27FN2O.C2H6/c1-14-13-26-16(3)22(14)21(15(2)24)10-9-20-8-7-18(12-25-20)17-5-4-6-19(23)11-17;1-2/h4-12,14-16,21-22H,13,24H2,1-3H3;1-2H3/b10-9+;/t14?,15?,16?,21-,22?;/m0./s1. The van der Waals surface area contributed by atoms with Gasteiger partial charge in [0.1, 0.15) is 5.82 Å². The second-order valence-electron chi connectivity index (χ2n) is 7.37. The highest BCUT2D eigenvalue weighted by atomic mass is 19.1. The zero-order chi connectivity index (χ0) is 20.7. The number of nitrogens with two attached hydrogens (primary N) is 1.